The first kappa shape index (κ1) is 5.04. The van der Waals surface area contributed by atoms with Gasteiger partial charge in [-0.15, -0.1) is 0 Å². The zero-order valence-corrected chi connectivity index (χ0v) is 4.15. The van der Waals surface area contributed by atoms with Crippen LogP contribution >= 0.6 is 0 Å². The van der Waals surface area contributed by atoms with Gasteiger partial charge in [0.15, 0.2) is 0 Å². The summed E-state index contributed by atoms with van der Waals surface area (Å²) in [7, 11) is 0. The van der Waals surface area contributed by atoms with Crippen LogP contribution in [0.25, 0.3) is 0 Å². The Bertz CT molecular complexity index is 57.1. The van der Waals surface area contributed by atoms with Crippen molar-refractivity contribution < 1.29 is 4.39 Å². The zero-order chi connectivity index (χ0) is 5.28. The summed E-state index contributed by atoms with van der Waals surface area (Å²) in [5.41, 5.74) is 0. The van der Waals surface area contributed by atoms with Gasteiger partial charge in [0.05, 0.1) is 0 Å². The molecular weight excluding hydrogens is 93.1 g/mol. The highest BCUT2D eigenvalue weighted by Crippen LogP contribution is 2.07. The lowest BCUT2D eigenvalue weighted by Gasteiger charge is -1.94. The van der Waals surface area contributed by atoms with Crippen molar-refractivity contribution in [3.63, 3.8) is 0 Å². The fourth-order valence-electron chi connectivity index (χ4n) is 0.770. The van der Waals surface area contributed by atoms with Crippen LogP contribution in [0.1, 0.15) is 6.42 Å². The Balaban J connectivity index is 2.26. The number of alkyl halides is 1. The average molecular weight is 102 g/mol. The second-order valence-electron chi connectivity index (χ2n) is 1.94. The van der Waals surface area contributed by atoms with E-state index < -0.39 is 6.17 Å². The molecule has 1 nitrogen and oxygen atoms in total. The van der Waals surface area contributed by atoms with Gasteiger partial charge in [0, 0.05) is 12.6 Å². The van der Waals surface area contributed by atoms with Gasteiger partial charge in [-0.3, -0.25) is 0 Å². The van der Waals surface area contributed by atoms with Crippen LogP contribution in [0, 0.1) is 6.92 Å². The summed E-state index contributed by atoms with van der Waals surface area (Å²) in [6.45, 7) is 4.13. The Kier molecular flexibility index (Phi) is 1.28. The van der Waals surface area contributed by atoms with Gasteiger partial charge in [-0.25, -0.2) is 4.39 Å². The largest absolute Gasteiger partial charge is 0.311 e. The van der Waals surface area contributed by atoms with Gasteiger partial charge in [0.2, 0.25) is 0 Å². The van der Waals surface area contributed by atoms with Crippen molar-refractivity contribution in [3.8, 4) is 0 Å². The molecule has 1 fully saturated rings. The summed E-state index contributed by atoms with van der Waals surface area (Å²) in [5, 5.41) is 2.88. The van der Waals surface area contributed by atoms with Crippen molar-refractivity contribution in [1.29, 1.82) is 0 Å². The van der Waals surface area contributed by atoms with E-state index in [9.17, 15) is 4.39 Å². The Labute approximate surface area is 42.9 Å². The molecule has 2 atom stereocenters. The van der Waals surface area contributed by atoms with Crippen LogP contribution in [0.2, 0.25) is 0 Å². The second-order valence-corrected chi connectivity index (χ2v) is 1.94. The van der Waals surface area contributed by atoms with Crippen molar-refractivity contribution >= 4 is 0 Å². The zero-order valence-electron chi connectivity index (χ0n) is 4.15. The summed E-state index contributed by atoms with van der Waals surface area (Å²) in [6.07, 6.45) is -0.0671. The molecule has 0 spiro atoms. The van der Waals surface area contributed by atoms with Crippen molar-refractivity contribution in [2.45, 2.75) is 18.6 Å². The van der Waals surface area contributed by atoms with Crippen LogP contribution < -0.4 is 5.32 Å². The van der Waals surface area contributed by atoms with Crippen LogP contribution in [0.5, 0.6) is 0 Å². The van der Waals surface area contributed by atoms with Gasteiger partial charge in [0.1, 0.15) is 6.17 Å². The third-order valence-electron chi connectivity index (χ3n) is 1.17. The molecule has 1 N–H and O–H groups in total. The lowest BCUT2D eigenvalue weighted by molar-refractivity contribution is 0.358. The van der Waals surface area contributed by atoms with Gasteiger partial charge in [-0.1, -0.05) is 0 Å². The lowest BCUT2D eigenvalue weighted by Crippen LogP contribution is -2.17. The third-order valence-corrected chi connectivity index (χ3v) is 1.17. The summed E-state index contributed by atoms with van der Waals surface area (Å²) in [5.74, 6) is 0. The molecule has 0 aromatic rings. The van der Waals surface area contributed by atoms with Gasteiger partial charge in [-0.05, 0) is 13.3 Å². The van der Waals surface area contributed by atoms with Crippen LogP contribution in [-0.2, 0) is 0 Å². The predicted octanol–water partition coefficient (Wildman–Crippen LogP) is 0.520. The molecule has 2 heteroatoms. The molecule has 0 aliphatic carbocycles. The number of hydrogen-bond donors (Lipinski definition) is 1. The number of rotatable bonds is 0. The minimum atomic E-state index is -0.650. The fourth-order valence-corrected chi connectivity index (χ4v) is 0.770. The Morgan fingerprint density at radius 2 is 2.43 bits per heavy atom. The van der Waals surface area contributed by atoms with E-state index in [0.29, 0.717) is 13.0 Å². The first-order valence-electron chi connectivity index (χ1n) is 2.49. The summed E-state index contributed by atoms with van der Waals surface area (Å²) < 4.78 is 12.1. The molecule has 41 valence electrons. The van der Waals surface area contributed by atoms with Crippen LogP contribution in [0.3, 0.4) is 0 Å². The van der Waals surface area contributed by atoms with E-state index in [1.807, 2.05) is 0 Å². The molecule has 0 saturated carbocycles. The fraction of sp³-hybridized carbons (Fsp3) is 0.800. The van der Waals surface area contributed by atoms with Crippen molar-refractivity contribution in [2.75, 3.05) is 6.54 Å². The monoisotopic (exact) mass is 102 g/mol. The highest BCUT2D eigenvalue weighted by Gasteiger charge is 2.18. The molecule has 0 unspecified atom stereocenters. The molecule has 0 amide bonds. The summed E-state index contributed by atoms with van der Waals surface area (Å²) in [4.78, 5) is 0. The van der Waals surface area contributed by atoms with Gasteiger partial charge in [-0.2, -0.15) is 0 Å². The Morgan fingerprint density at radius 3 is 2.57 bits per heavy atom. The lowest BCUT2D eigenvalue weighted by atomic mass is 10.2. The summed E-state index contributed by atoms with van der Waals surface area (Å²) >= 11 is 0. The molecular formula is C5H9FN. The molecule has 0 aromatic carbocycles. The van der Waals surface area contributed by atoms with Gasteiger partial charge >= 0.3 is 0 Å². The quantitative estimate of drug-likeness (QED) is 0.470. The molecule has 1 saturated heterocycles. The molecule has 7 heavy (non-hydrogen) atoms. The standard InChI is InChI=1S/C5H9FN/c1-4-2-5(6)3-7-4/h4-5,7H,1-3H2/t4-,5-/m0/s1. The Morgan fingerprint density at radius 1 is 1.71 bits per heavy atom. The van der Waals surface area contributed by atoms with E-state index in [1.54, 1.807) is 0 Å². The molecule has 1 aliphatic heterocycles. The van der Waals surface area contributed by atoms with E-state index in [4.69, 9.17) is 0 Å². The van der Waals surface area contributed by atoms with Crippen molar-refractivity contribution in [3.05, 3.63) is 6.92 Å². The van der Waals surface area contributed by atoms with E-state index >= 15 is 0 Å². The second kappa shape index (κ2) is 1.78. The number of hydrogen-bond acceptors (Lipinski definition) is 1. The maximum Gasteiger partial charge on any atom is 0.114 e. The first-order valence-corrected chi connectivity index (χ1v) is 2.49. The van der Waals surface area contributed by atoms with Gasteiger partial charge < -0.3 is 5.32 Å². The van der Waals surface area contributed by atoms with Crippen molar-refractivity contribution in [2.24, 2.45) is 0 Å². The first-order chi connectivity index (χ1) is 3.29. The minimum Gasteiger partial charge on any atom is -0.311 e. The van der Waals surface area contributed by atoms with Crippen LogP contribution in [0.4, 0.5) is 4.39 Å². The topological polar surface area (TPSA) is 12.0 Å². The van der Waals surface area contributed by atoms with E-state index in [1.165, 1.54) is 0 Å². The van der Waals surface area contributed by atoms with Gasteiger partial charge in [0.25, 0.3) is 0 Å². The summed E-state index contributed by atoms with van der Waals surface area (Å²) in [6, 6.07) is 0.148. The van der Waals surface area contributed by atoms with E-state index in [-0.39, 0.29) is 6.04 Å². The smallest absolute Gasteiger partial charge is 0.114 e. The Hall–Kier alpha value is -0.110. The number of halogens is 1. The van der Waals surface area contributed by atoms with E-state index in [2.05, 4.69) is 12.2 Å². The third kappa shape index (κ3) is 1.13. The maximum absolute atomic E-state index is 12.1. The van der Waals surface area contributed by atoms with E-state index in [0.717, 1.165) is 0 Å². The van der Waals surface area contributed by atoms with Crippen LogP contribution in [0.15, 0.2) is 0 Å². The minimum absolute atomic E-state index is 0.148. The maximum atomic E-state index is 12.1. The predicted molar refractivity (Wildman–Crippen MR) is 26.7 cm³/mol. The average Bonchev–Trinajstić information content (AvgIpc) is 1.87. The SMILES string of the molecule is [CH2][C@H]1C[C@H](F)CN1. The van der Waals surface area contributed by atoms with Crippen LogP contribution in [-0.4, -0.2) is 18.8 Å². The highest BCUT2D eigenvalue weighted by atomic mass is 19.1. The normalized spacial score (nSPS) is 42.0. The highest BCUT2D eigenvalue weighted by molar-refractivity contribution is 4.82. The molecule has 0 bridgehead atoms. The molecule has 1 rings (SSSR count). The number of nitrogens with one attached hydrogen (secondary N) is 1. The molecule has 1 radical (unpaired) electrons. The molecule has 1 heterocycles. The van der Waals surface area contributed by atoms with Crippen molar-refractivity contribution in [1.82, 2.24) is 5.32 Å². The molecule has 1 aliphatic rings. The molecule has 0 aromatic heterocycles.